The lowest BCUT2D eigenvalue weighted by Crippen LogP contribution is -2.27. The van der Waals surface area contributed by atoms with Crippen molar-refractivity contribution in [2.45, 2.75) is 19.8 Å². The van der Waals surface area contributed by atoms with Crippen LogP contribution in [0.2, 0.25) is 0 Å². The van der Waals surface area contributed by atoms with Crippen molar-refractivity contribution in [2.75, 3.05) is 23.7 Å². The van der Waals surface area contributed by atoms with Gasteiger partial charge in [0.1, 0.15) is 5.82 Å². The van der Waals surface area contributed by atoms with Gasteiger partial charge in [-0.2, -0.15) is 0 Å². The van der Waals surface area contributed by atoms with Gasteiger partial charge in [-0.05, 0) is 30.7 Å². The van der Waals surface area contributed by atoms with Crippen LogP contribution in [0.15, 0.2) is 36.7 Å². The third-order valence-electron chi connectivity index (χ3n) is 3.28. The molecule has 0 bridgehead atoms. The summed E-state index contributed by atoms with van der Waals surface area (Å²) in [5, 5.41) is 0. The van der Waals surface area contributed by atoms with Crippen LogP contribution in [-0.4, -0.2) is 22.6 Å². The second-order valence-electron chi connectivity index (χ2n) is 4.78. The monoisotopic (exact) mass is 258 g/mol. The summed E-state index contributed by atoms with van der Waals surface area (Å²) >= 11 is 0. The summed E-state index contributed by atoms with van der Waals surface area (Å²) in [7, 11) is 2.04. The Morgan fingerprint density at radius 2 is 1.95 bits per heavy atom. The smallest absolute Gasteiger partial charge is 0.110 e. The highest BCUT2D eigenvalue weighted by atomic mass is 15.1. The van der Waals surface area contributed by atoms with Crippen molar-refractivity contribution in [3.8, 4) is 0 Å². The summed E-state index contributed by atoms with van der Waals surface area (Å²) in [4.78, 5) is 6.75. The molecule has 0 aliphatic carbocycles. The first kappa shape index (κ1) is 13.5. The van der Waals surface area contributed by atoms with E-state index in [0.29, 0.717) is 0 Å². The highest BCUT2D eigenvalue weighted by Gasteiger charge is 2.07. The van der Waals surface area contributed by atoms with Crippen molar-refractivity contribution < 1.29 is 0 Å². The molecule has 2 N–H and O–H groups in total. The van der Waals surface area contributed by atoms with E-state index in [1.807, 2.05) is 31.6 Å². The number of benzene rings is 1. The number of hydrogen-bond donors (Lipinski definition) is 1. The van der Waals surface area contributed by atoms with Crippen molar-refractivity contribution in [3.05, 3.63) is 42.5 Å². The molecule has 4 heteroatoms. The third-order valence-corrected chi connectivity index (χ3v) is 3.28. The second-order valence-corrected chi connectivity index (χ2v) is 4.78. The first-order valence-corrected chi connectivity index (χ1v) is 6.77. The molecule has 0 atom stereocenters. The zero-order valence-electron chi connectivity index (χ0n) is 11.7. The van der Waals surface area contributed by atoms with Gasteiger partial charge in [0.25, 0.3) is 0 Å². The lowest BCUT2D eigenvalue weighted by molar-refractivity contribution is 0.711. The van der Waals surface area contributed by atoms with Gasteiger partial charge in [-0.1, -0.05) is 6.92 Å². The van der Waals surface area contributed by atoms with E-state index in [4.69, 9.17) is 5.73 Å². The third kappa shape index (κ3) is 3.50. The maximum Gasteiger partial charge on any atom is 0.110 e. The van der Waals surface area contributed by atoms with Crippen LogP contribution in [0.1, 0.15) is 19.2 Å². The fraction of sp³-hybridized carbons (Fsp3) is 0.400. The Morgan fingerprint density at radius 3 is 2.53 bits per heavy atom. The van der Waals surface area contributed by atoms with Crippen LogP contribution >= 0.6 is 0 Å². The molecule has 2 aromatic rings. The number of anilines is 2. The molecule has 2 rings (SSSR count). The lowest BCUT2D eigenvalue weighted by Gasteiger charge is -2.24. The van der Waals surface area contributed by atoms with Crippen LogP contribution in [0.25, 0.3) is 0 Å². The molecule has 0 saturated carbocycles. The minimum Gasteiger partial charge on any atom is -0.399 e. The van der Waals surface area contributed by atoms with Crippen LogP contribution in [0.3, 0.4) is 0 Å². The number of nitrogens with two attached hydrogens (primary N) is 1. The SMILES string of the molecule is CCCN(CCc1nccn1C)c1ccc(N)cc1. The van der Waals surface area contributed by atoms with E-state index in [0.717, 1.165) is 37.4 Å². The van der Waals surface area contributed by atoms with Gasteiger partial charge >= 0.3 is 0 Å². The molecule has 0 aliphatic heterocycles. The van der Waals surface area contributed by atoms with Crippen molar-refractivity contribution >= 4 is 11.4 Å². The summed E-state index contributed by atoms with van der Waals surface area (Å²) in [6.45, 7) is 4.22. The number of nitrogen functional groups attached to an aromatic ring is 1. The van der Waals surface area contributed by atoms with Gasteiger partial charge in [-0.25, -0.2) is 4.98 Å². The van der Waals surface area contributed by atoms with Gasteiger partial charge in [0.2, 0.25) is 0 Å². The van der Waals surface area contributed by atoms with Crippen LogP contribution in [-0.2, 0) is 13.5 Å². The molecule has 4 nitrogen and oxygen atoms in total. The summed E-state index contributed by atoms with van der Waals surface area (Å²) in [5.41, 5.74) is 7.78. The molecule has 102 valence electrons. The number of imidazole rings is 1. The molecular formula is C15H22N4. The second kappa shape index (κ2) is 6.27. The van der Waals surface area contributed by atoms with E-state index in [1.165, 1.54) is 5.69 Å². The summed E-state index contributed by atoms with van der Waals surface area (Å²) in [6, 6.07) is 8.09. The van der Waals surface area contributed by atoms with Gasteiger partial charge in [-0.15, -0.1) is 0 Å². The summed E-state index contributed by atoms with van der Waals surface area (Å²) < 4.78 is 2.08. The van der Waals surface area contributed by atoms with Gasteiger partial charge in [0.05, 0.1) is 0 Å². The first-order chi connectivity index (χ1) is 9.20. The predicted octanol–water partition coefficient (Wildman–Crippen LogP) is 2.46. The minimum atomic E-state index is 0.810. The van der Waals surface area contributed by atoms with Crippen LogP contribution in [0, 0.1) is 0 Å². The van der Waals surface area contributed by atoms with Crippen molar-refractivity contribution in [1.82, 2.24) is 9.55 Å². The summed E-state index contributed by atoms with van der Waals surface area (Å²) in [6.07, 6.45) is 5.92. The van der Waals surface area contributed by atoms with Gasteiger partial charge in [0.15, 0.2) is 0 Å². The summed E-state index contributed by atoms with van der Waals surface area (Å²) in [5.74, 6) is 1.12. The normalized spacial score (nSPS) is 10.6. The predicted molar refractivity (Wildman–Crippen MR) is 80.3 cm³/mol. The van der Waals surface area contributed by atoms with Crippen LogP contribution in [0.5, 0.6) is 0 Å². The lowest BCUT2D eigenvalue weighted by atomic mass is 10.2. The Labute approximate surface area is 114 Å². The van der Waals surface area contributed by atoms with Crippen molar-refractivity contribution in [1.29, 1.82) is 0 Å². The maximum atomic E-state index is 5.74. The highest BCUT2D eigenvalue weighted by Crippen LogP contribution is 2.17. The van der Waals surface area contributed by atoms with E-state index in [-0.39, 0.29) is 0 Å². The average molecular weight is 258 g/mol. The van der Waals surface area contributed by atoms with E-state index >= 15 is 0 Å². The van der Waals surface area contributed by atoms with E-state index < -0.39 is 0 Å². The molecule has 1 aromatic heterocycles. The number of nitrogens with zero attached hydrogens (tertiary/aromatic N) is 3. The number of rotatable bonds is 6. The highest BCUT2D eigenvalue weighted by molar-refractivity contribution is 5.53. The van der Waals surface area contributed by atoms with E-state index in [2.05, 4.69) is 33.5 Å². The van der Waals surface area contributed by atoms with Gasteiger partial charge < -0.3 is 15.2 Å². The Hall–Kier alpha value is -1.97. The Morgan fingerprint density at radius 1 is 1.21 bits per heavy atom. The molecule has 0 radical (unpaired) electrons. The largest absolute Gasteiger partial charge is 0.399 e. The Balaban J connectivity index is 2.04. The van der Waals surface area contributed by atoms with Crippen molar-refractivity contribution in [3.63, 3.8) is 0 Å². The number of aromatic nitrogens is 2. The van der Waals surface area contributed by atoms with Gasteiger partial charge in [-0.3, -0.25) is 0 Å². The zero-order chi connectivity index (χ0) is 13.7. The zero-order valence-corrected chi connectivity index (χ0v) is 11.7. The van der Waals surface area contributed by atoms with Crippen molar-refractivity contribution in [2.24, 2.45) is 7.05 Å². The van der Waals surface area contributed by atoms with Gasteiger partial charge in [0, 0.05) is 50.3 Å². The topological polar surface area (TPSA) is 47.1 Å². The molecule has 0 spiro atoms. The Bertz CT molecular complexity index is 501. The molecule has 0 amide bonds. The van der Waals surface area contributed by atoms with E-state index in [9.17, 15) is 0 Å². The molecule has 0 fully saturated rings. The molecule has 0 unspecified atom stereocenters. The average Bonchev–Trinajstić information content (AvgIpc) is 2.81. The molecule has 0 saturated heterocycles. The number of aryl methyl sites for hydroxylation is 1. The Kier molecular flexibility index (Phi) is 4.44. The van der Waals surface area contributed by atoms with E-state index in [1.54, 1.807) is 0 Å². The molecule has 0 aliphatic rings. The minimum absolute atomic E-state index is 0.810. The molecule has 1 aromatic carbocycles. The fourth-order valence-corrected chi connectivity index (χ4v) is 2.20. The maximum absolute atomic E-state index is 5.74. The molecule has 19 heavy (non-hydrogen) atoms. The first-order valence-electron chi connectivity index (χ1n) is 6.77. The standard InChI is InChI=1S/C15H22N4/c1-3-10-19(14-6-4-13(16)5-7-14)11-8-15-17-9-12-18(15)2/h4-7,9,12H,3,8,10-11,16H2,1-2H3. The molecular weight excluding hydrogens is 236 g/mol. The molecule has 1 heterocycles. The number of hydrogen-bond acceptors (Lipinski definition) is 3. The quantitative estimate of drug-likeness (QED) is 0.810. The fourth-order valence-electron chi connectivity index (χ4n) is 2.20. The van der Waals surface area contributed by atoms with Crippen LogP contribution in [0.4, 0.5) is 11.4 Å². The van der Waals surface area contributed by atoms with Crippen LogP contribution < -0.4 is 10.6 Å².